The SMILES string of the molecule is Cc1ccccc1NC(=O)[C@@H]1CCCN1C(=O)OCc1ccccc1. The highest BCUT2D eigenvalue weighted by molar-refractivity contribution is 5.97. The van der Waals surface area contributed by atoms with E-state index in [9.17, 15) is 9.59 Å². The van der Waals surface area contributed by atoms with Crippen LogP contribution in [0.15, 0.2) is 54.6 Å². The maximum absolute atomic E-state index is 12.6. The van der Waals surface area contributed by atoms with E-state index in [0.717, 1.165) is 23.2 Å². The number of hydrogen-bond acceptors (Lipinski definition) is 3. The molecular weight excluding hydrogens is 316 g/mol. The fraction of sp³-hybridized carbons (Fsp3) is 0.300. The Bertz CT molecular complexity index is 746. The lowest BCUT2D eigenvalue weighted by molar-refractivity contribution is -0.120. The van der Waals surface area contributed by atoms with Crippen molar-refractivity contribution in [3.8, 4) is 0 Å². The molecule has 1 N–H and O–H groups in total. The van der Waals surface area contributed by atoms with E-state index < -0.39 is 12.1 Å². The Kier molecular flexibility index (Phi) is 5.33. The first-order chi connectivity index (χ1) is 12.1. The van der Waals surface area contributed by atoms with Crippen LogP contribution < -0.4 is 5.32 Å². The molecule has 3 rings (SSSR count). The molecule has 1 saturated heterocycles. The van der Waals surface area contributed by atoms with Crippen LogP contribution in [0.1, 0.15) is 24.0 Å². The zero-order valence-corrected chi connectivity index (χ0v) is 14.3. The normalized spacial score (nSPS) is 16.5. The Hall–Kier alpha value is -2.82. The molecule has 0 unspecified atom stereocenters. The topological polar surface area (TPSA) is 58.6 Å². The summed E-state index contributed by atoms with van der Waals surface area (Å²) in [5.74, 6) is -0.163. The Morgan fingerprint density at radius 1 is 1.12 bits per heavy atom. The second kappa shape index (κ2) is 7.83. The minimum atomic E-state index is -0.483. The van der Waals surface area contributed by atoms with Crippen LogP contribution in [0.4, 0.5) is 10.5 Å². The van der Waals surface area contributed by atoms with Crippen molar-refractivity contribution in [3.63, 3.8) is 0 Å². The van der Waals surface area contributed by atoms with Gasteiger partial charge in [-0.25, -0.2) is 4.79 Å². The van der Waals surface area contributed by atoms with Crippen molar-refractivity contribution in [1.82, 2.24) is 4.90 Å². The third-order valence-corrected chi connectivity index (χ3v) is 4.40. The molecule has 0 saturated carbocycles. The summed E-state index contributed by atoms with van der Waals surface area (Å²) in [5.41, 5.74) is 2.69. The highest BCUT2D eigenvalue weighted by Crippen LogP contribution is 2.22. The van der Waals surface area contributed by atoms with Gasteiger partial charge in [-0.05, 0) is 37.0 Å². The first-order valence-corrected chi connectivity index (χ1v) is 8.49. The number of nitrogens with zero attached hydrogens (tertiary/aromatic N) is 1. The molecule has 25 heavy (non-hydrogen) atoms. The third-order valence-electron chi connectivity index (χ3n) is 4.40. The van der Waals surface area contributed by atoms with Crippen molar-refractivity contribution in [2.75, 3.05) is 11.9 Å². The lowest BCUT2D eigenvalue weighted by Crippen LogP contribution is -2.43. The molecule has 130 valence electrons. The third kappa shape index (κ3) is 4.18. The number of hydrogen-bond donors (Lipinski definition) is 1. The maximum atomic E-state index is 12.6. The quantitative estimate of drug-likeness (QED) is 0.924. The summed E-state index contributed by atoms with van der Waals surface area (Å²) in [7, 11) is 0. The maximum Gasteiger partial charge on any atom is 0.410 e. The van der Waals surface area contributed by atoms with Crippen molar-refractivity contribution in [3.05, 3.63) is 65.7 Å². The molecule has 1 atom stereocenters. The van der Waals surface area contributed by atoms with Gasteiger partial charge in [0.25, 0.3) is 0 Å². The van der Waals surface area contributed by atoms with Crippen molar-refractivity contribution in [2.45, 2.75) is 32.4 Å². The molecule has 0 aromatic heterocycles. The number of para-hydroxylation sites is 1. The fourth-order valence-corrected chi connectivity index (χ4v) is 2.99. The van der Waals surface area contributed by atoms with Crippen molar-refractivity contribution < 1.29 is 14.3 Å². The largest absolute Gasteiger partial charge is 0.445 e. The van der Waals surface area contributed by atoms with Gasteiger partial charge >= 0.3 is 6.09 Å². The van der Waals surface area contributed by atoms with Gasteiger partial charge in [-0.15, -0.1) is 0 Å². The summed E-state index contributed by atoms with van der Waals surface area (Å²) in [6, 6.07) is 16.6. The number of anilines is 1. The standard InChI is InChI=1S/C20H22N2O3/c1-15-8-5-6-11-17(15)21-19(23)18-12-7-13-22(18)20(24)25-14-16-9-3-2-4-10-16/h2-6,8-11,18H,7,12-14H2,1H3,(H,21,23)/t18-/m0/s1. The lowest BCUT2D eigenvalue weighted by Gasteiger charge is -2.23. The summed E-state index contributed by atoms with van der Waals surface area (Å²) in [4.78, 5) is 26.5. The van der Waals surface area contributed by atoms with E-state index in [1.807, 2.05) is 61.5 Å². The molecule has 2 aromatic rings. The van der Waals surface area contributed by atoms with Gasteiger partial charge in [0.1, 0.15) is 12.6 Å². The molecule has 5 nitrogen and oxygen atoms in total. The number of rotatable bonds is 4. The number of aryl methyl sites for hydroxylation is 1. The van der Waals surface area contributed by atoms with Gasteiger partial charge in [0.05, 0.1) is 0 Å². The van der Waals surface area contributed by atoms with Crippen LogP contribution in [-0.2, 0) is 16.1 Å². The first-order valence-electron chi connectivity index (χ1n) is 8.49. The van der Waals surface area contributed by atoms with Crippen LogP contribution in [0.5, 0.6) is 0 Å². The lowest BCUT2D eigenvalue weighted by atomic mass is 10.1. The average molecular weight is 338 g/mol. The van der Waals surface area contributed by atoms with Crippen LogP contribution in [-0.4, -0.2) is 29.5 Å². The molecule has 0 bridgehead atoms. The van der Waals surface area contributed by atoms with Gasteiger partial charge in [-0.3, -0.25) is 9.69 Å². The fourth-order valence-electron chi connectivity index (χ4n) is 2.99. The van der Waals surface area contributed by atoms with E-state index >= 15 is 0 Å². The zero-order chi connectivity index (χ0) is 17.6. The van der Waals surface area contributed by atoms with Crippen molar-refractivity contribution >= 4 is 17.7 Å². The second-order valence-electron chi connectivity index (χ2n) is 6.20. The van der Waals surface area contributed by atoms with Gasteiger partial charge < -0.3 is 10.1 Å². The number of amides is 2. The van der Waals surface area contributed by atoms with Crippen molar-refractivity contribution in [1.29, 1.82) is 0 Å². The van der Waals surface area contributed by atoms with Crippen LogP contribution in [0.25, 0.3) is 0 Å². The molecule has 0 spiro atoms. The van der Waals surface area contributed by atoms with Gasteiger partial charge in [0, 0.05) is 12.2 Å². The Balaban J connectivity index is 1.60. The van der Waals surface area contributed by atoms with Crippen LogP contribution in [0.2, 0.25) is 0 Å². The van der Waals surface area contributed by atoms with E-state index in [-0.39, 0.29) is 12.5 Å². The van der Waals surface area contributed by atoms with E-state index in [2.05, 4.69) is 5.32 Å². The highest BCUT2D eigenvalue weighted by atomic mass is 16.6. The van der Waals surface area contributed by atoms with E-state index in [0.29, 0.717) is 13.0 Å². The van der Waals surface area contributed by atoms with E-state index in [4.69, 9.17) is 4.74 Å². The molecular formula is C20H22N2O3. The zero-order valence-electron chi connectivity index (χ0n) is 14.3. The van der Waals surface area contributed by atoms with Crippen molar-refractivity contribution in [2.24, 2.45) is 0 Å². The summed E-state index contributed by atoms with van der Waals surface area (Å²) in [6.07, 6.45) is 1.01. The Morgan fingerprint density at radius 2 is 1.84 bits per heavy atom. The minimum absolute atomic E-state index is 0.163. The monoisotopic (exact) mass is 338 g/mol. The summed E-state index contributed by atoms with van der Waals surface area (Å²) in [5, 5.41) is 2.92. The number of nitrogens with one attached hydrogen (secondary N) is 1. The molecule has 5 heteroatoms. The van der Waals surface area contributed by atoms with Crippen LogP contribution in [0, 0.1) is 6.92 Å². The number of benzene rings is 2. The molecule has 1 aliphatic heterocycles. The summed E-state index contributed by atoms with van der Waals surface area (Å²) >= 11 is 0. The number of carbonyl (C=O) groups is 2. The second-order valence-corrected chi connectivity index (χ2v) is 6.20. The summed E-state index contributed by atoms with van der Waals surface area (Å²) in [6.45, 7) is 2.69. The molecule has 1 aliphatic rings. The first kappa shape index (κ1) is 17.0. The van der Waals surface area contributed by atoms with Gasteiger partial charge in [0.2, 0.25) is 5.91 Å². The van der Waals surface area contributed by atoms with Gasteiger partial charge in [-0.1, -0.05) is 48.5 Å². The van der Waals surface area contributed by atoms with E-state index in [1.165, 1.54) is 4.90 Å². The number of carbonyl (C=O) groups excluding carboxylic acids is 2. The Labute approximate surface area is 147 Å². The minimum Gasteiger partial charge on any atom is -0.445 e. The molecule has 1 heterocycles. The Morgan fingerprint density at radius 3 is 2.60 bits per heavy atom. The molecule has 2 amide bonds. The van der Waals surface area contributed by atoms with Crippen LogP contribution in [0.3, 0.4) is 0 Å². The van der Waals surface area contributed by atoms with Gasteiger partial charge in [0.15, 0.2) is 0 Å². The smallest absolute Gasteiger partial charge is 0.410 e. The highest BCUT2D eigenvalue weighted by Gasteiger charge is 2.35. The average Bonchev–Trinajstić information content (AvgIpc) is 3.12. The van der Waals surface area contributed by atoms with Gasteiger partial charge in [-0.2, -0.15) is 0 Å². The molecule has 0 radical (unpaired) electrons. The molecule has 0 aliphatic carbocycles. The number of ether oxygens (including phenoxy) is 1. The molecule has 2 aromatic carbocycles. The number of likely N-dealkylation sites (tertiary alicyclic amines) is 1. The van der Waals surface area contributed by atoms with E-state index in [1.54, 1.807) is 0 Å². The molecule has 1 fully saturated rings. The van der Waals surface area contributed by atoms with Crippen LogP contribution >= 0.6 is 0 Å². The predicted octanol–water partition coefficient (Wildman–Crippen LogP) is 3.73. The predicted molar refractivity (Wildman–Crippen MR) is 96.2 cm³/mol. The summed E-state index contributed by atoms with van der Waals surface area (Å²) < 4.78 is 5.37.